The molecule has 0 bridgehead atoms. The highest BCUT2D eigenvalue weighted by atomic mass is 16.6. The molecule has 16 heavy (non-hydrogen) atoms. The minimum absolute atomic E-state index is 0.416. The number of ether oxygens (including phenoxy) is 1. The molecule has 0 radical (unpaired) electrons. The van der Waals surface area contributed by atoms with Gasteiger partial charge in [0.05, 0.1) is 11.1 Å². The molecule has 2 aliphatic rings. The lowest BCUT2D eigenvalue weighted by molar-refractivity contribution is 0.0443. The van der Waals surface area contributed by atoms with Crippen molar-refractivity contribution in [1.29, 1.82) is 0 Å². The third kappa shape index (κ3) is 1.27. The summed E-state index contributed by atoms with van der Waals surface area (Å²) < 4.78 is 4.59. The summed E-state index contributed by atoms with van der Waals surface area (Å²) in [6, 6.07) is 3.61. The maximum absolute atomic E-state index is 11.4. The van der Waals surface area contributed by atoms with Crippen molar-refractivity contribution in [3.63, 3.8) is 0 Å². The van der Waals surface area contributed by atoms with Crippen LogP contribution in [0.2, 0.25) is 0 Å². The third-order valence-corrected chi connectivity index (χ3v) is 3.17. The van der Waals surface area contributed by atoms with Crippen molar-refractivity contribution in [3.8, 4) is 0 Å². The fourth-order valence-corrected chi connectivity index (χ4v) is 2.28. The first-order chi connectivity index (χ1) is 7.65. The Hall–Kier alpha value is -1.68. The van der Waals surface area contributed by atoms with Gasteiger partial charge in [-0.25, -0.2) is 9.59 Å². The molecule has 3 rings (SSSR count). The minimum Gasteiger partial charge on any atom is -0.386 e. The van der Waals surface area contributed by atoms with Gasteiger partial charge in [0, 0.05) is 13.1 Å². The van der Waals surface area contributed by atoms with E-state index in [0.29, 0.717) is 11.1 Å². The van der Waals surface area contributed by atoms with E-state index in [1.807, 2.05) is 13.1 Å². The smallest absolute Gasteiger partial charge is 0.346 e. The molecule has 82 valence electrons. The van der Waals surface area contributed by atoms with Crippen LogP contribution in [0, 0.1) is 0 Å². The number of benzene rings is 1. The summed E-state index contributed by atoms with van der Waals surface area (Å²) in [5.74, 6) is -1.03. The summed E-state index contributed by atoms with van der Waals surface area (Å²) in [6.45, 7) is 1.80. The number of esters is 2. The summed E-state index contributed by atoms with van der Waals surface area (Å²) in [7, 11) is 2.04. The second-order valence-corrected chi connectivity index (χ2v) is 4.33. The Labute approximate surface area is 92.8 Å². The molecule has 1 aromatic rings. The van der Waals surface area contributed by atoms with Crippen molar-refractivity contribution in [1.82, 2.24) is 4.90 Å². The monoisotopic (exact) mass is 217 g/mol. The van der Waals surface area contributed by atoms with Crippen LogP contribution in [0.25, 0.3) is 0 Å². The molecular formula is C12H11NO3. The van der Waals surface area contributed by atoms with E-state index in [1.165, 1.54) is 0 Å². The number of fused-ring (bicyclic) bond motifs is 2. The number of nitrogens with zero attached hydrogens (tertiary/aromatic N) is 1. The zero-order chi connectivity index (χ0) is 11.3. The number of hydrogen-bond acceptors (Lipinski definition) is 4. The second-order valence-electron chi connectivity index (χ2n) is 4.33. The Morgan fingerprint density at radius 2 is 1.75 bits per heavy atom. The van der Waals surface area contributed by atoms with E-state index < -0.39 is 11.9 Å². The molecule has 4 nitrogen and oxygen atoms in total. The fourth-order valence-electron chi connectivity index (χ4n) is 2.28. The van der Waals surface area contributed by atoms with E-state index in [2.05, 4.69) is 9.64 Å². The van der Waals surface area contributed by atoms with E-state index in [0.717, 1.165) is 30.6 Å². The van der Waals surface area contributed by atoms with Crippen LogP contribution in [0.1, 0.15) is 31.8 Å². The molecule has 0 spiro atoms. The maximum atomic E-state index is 11.4. The first-order valence-corrected chi connectivity index (χ1v) is 5.26. The Bertz CT molecular complexity index is 507. The first kappa shape index (κ1) is 9.54. The molecule has 1 aromatic carbocycles. The lowest BCUT2D eigenvalue weighted by Gasteiger charge is -2.25. The Balaban J connectivity index is 2.15. The Kier molecular flexibility index (Phi) is 1.88. The van der Waals surface area contributed by atoms with Crippen LogP contribution in [0.4, 0.5) is 0 Å². The molecule has 0 aromatic heterocycles. The van der Waals surface area contributed by atoms with E-state index >= 15 is 0 Å². The Morgan fingerprint density at radius 1 is 1.12 bits per heavy atom. The molecule has 4 heteroatoms. The number of rotatable bonds is 0. The van der Waals surface area contributed by atoms with Gasteiger partial charge in [0.25, 0.3) is 0 Å². The largest absolute Gasteiger partial charge is 0.386 e. The molecule has 0 unspecified atom stereocenters. The van der Waals surface area contributed by atoms with Crippen LogP contribution >= 0.6 is 0 Å². The van der Waals surface area contributed by atoms with E-state index in [-0.39, 0.29) is 0 Å². The van der Waals surface area contributed by atoms with Gasteiger partial charge < -0.3 is 9.64 Å². The zero-order valence-corrected chi connectivity index (χ0v) is 8.95. The molecule has 2 heterocycles. The van der Waals surface area contributed by atoms with Gasteiger partial charge >= 0.3 is 11.9 Å². The fraction of sp³-hybridized carbons (Fsp3) is 0.333. The van der Waals surface area contributed by atoms with Crippen molar-refractivity contribution in [2.24, 2.45) is 0 Å². The average molecular weight is 217 g/mol. The van der Waals surface area contributed by atoms with Crippen LogP contribution in [0.15, 0.2) is 12.1 Å². The normalized spacial score (nSPS) is 19.3. The minimum atomic E-state index is -0.518. The van der Waals surface area contributed by atoms with Crippen LogP contribution < -0.4 is 0 Å². The molecule has 2 aliphatic heterocycles. The van der Waals surface area contributed by atoms with E-state index in [4.69, 9.17) is 0 Å². The van der Waals surface area contributed by atoms with Gasteiger partial charge in [-0.15, -0.1) is 0 Å². The van der Waals surface area contributed by atoms with E-state index in [1.54, 1.807) is 6.07 Å². The van der Waals surface area contributed by atoms with Gasteiger partial charge in [0.1, 0.15) is 0 Å². The van der Waals surface area contributed by atoms with E-state index in [9.17, 15) is 9.59 Å². The molecule has 0 atom stereocenters. The Morgan fingerprint density at radius 3 is 2.44 bits per heavy atom. The van der Waals surface area contributed by atoms with Crippen LogP contribution in [0.5, 0.6) is 0 Å². The van der Waals surface area contributed by atoms with Crippen molar-refractivity contribution in [3.05, 3.63) is 34.4 Å². The van der Waals surface area contributed by atoms with Crippen molar-refractivity contribution >= 4 is 11.9 Å². The van der Waals surface area contributed by atoms with Crippen molar-refractivity contribution < 1.29 is 14.3 Å². The number of carbonyl (C=O) groups is 2. The van der Waals surface area contributed by atoms with Gasteiger partial charge in [-0.3, -0.25) is 0 Å². The van der Waals surface area contributed by atoms with Gasteiger partial charge in [-0.05, 0) is 36.7 Å². The summed E-state index contributed by atoms with van der Waals surface area (Å²) in [6.07, 6.45) is 0.917. The summed E-state index contributed by atoms with van der Waals surface area (Å²) in [5, 5.41) is 0. The lowest BCUT2D eigenvalue weighted by Crippen LogP contribution is -2.26. The predicted octanol–water partition coefficient (Wildman–Crippen LogP) is 0.985. The maximum Gasteiger partial charge on any atom is 0.346 e. The molecule has 0 amide bonds. The van der Waals surface area contributed by atoms with Crippen molar-refractivity contribution in [2.45, 2.75) is 13.0 Å². The third-order valence-electron chi connectivity index (χ3n) is 3.17. The van der Waals surface area contributed by atoms with Crippen LogP contribution in [0.3, 0.4) is 0 Å². The SMILES string of the molecule is CN1CCc2cc3c(cc2C1)C(=O)OC3=O. The molecule has 0 fully saturated rings. The second kappa shape index (κ2) is 3.15. The van der Waals surface area contributed by atoms with Crippen LogP contribution in [-0.2, 0) is 17.7 Å². The molecule has 0 aliphatic carbocycles. The van der Waals surface area contributed by atoms with Gasteiger partial charge in [-0.1, -0.05) is 0 Å². The standard InChI is InChI=1S/C12H11NO3/c1-13-3-2-7-4-9-10(5-8(7)6-13)12(15)16-11(9)14/h4-5H,2-3,6H2,1H3. The number of carbonyl (C=O) groups excluding carboxylic acids is 2. The zero-order valence-electron chi connectivity index (χ0n) is 8.95. The summed E-state index contributed by atoms with van der Waals surface area (Å²) in [5.41, 5.74) is 3.12. The van der Waals surface area contributed by atoms with Gasteiger partial charge in [0.2, 0.25) is 0 Å². The number of likely N-dealkylation sites (N-methyl/N-ethyl adjacent to an activating group) is 1. The first-order valence-electron chi connectivity index (χ1n) is 5.26. The highest BCUT2D eigenvalue weighted by Crippen LogP contribution is 2.27. The topological polar surface area (TPSA) is 46.6 Å². The van der Waals surface area contributed by atoms with Gasteiger partial charge in [0.15, 0.2) is 0 Å². The van der Waals surface area contributed by atoms with Crippen LogP contribution in [-0.4, -0.2) is 30.4 Å². The van der Waals surface area contributed by atoms with Crippen molar-refractivity contribution in [2.75, 3.05) is 13.6 Å². The molecule has 0 saturated heterocycles. The number of hydrogen-bond donors (Lipinski definition) is 0. The van der Waals surface area contributed by atoms with Gasteiger partial charge in [-0.2, -0.15) is 0 Å². The summed E-state index contributed by atoms with van der Waals surface area (Å²) in [4.78, 5) is 25.0. The predicted molar refractivity (Wildman–Crippen MR) is 56.2 cm³/mol. The highest BCUT2D eigenvalue weighted by molar-refractivity contribution is 6.14. The lowest BCUT2D eigenvalue weighted by atomic mass is 9.94. The number of cyclic esters (lactones) is 2. The average Bonchev–Trinajstić information content (AvgIpc) is 2.52. The highest BCUT2D eigenvalue weighted by Gasteiger charge is 2.31. The molecular weight excluding hydrogens is 206 g/mol. The molecule has 0 saturated carbocycles. The summed E-state index contributed by atoms with van der Waals surface area (Å²) >= 11 is 0. The molecule has 0 N–H and O–H groups in total. The quantitative estimate of drug-likeness (QED) is 0.480.